The lowest BCUT2D eigenvalue weighted by Crippen LogP contribution is -2.53. The van der Waals surface area contributed by atoms with Crippen molar-refractivity contribution < 1.29 is 18.8 Å². The predicted octanol–water partition coefficient (Wildman–Crippen LogP) is 3.93. The number of nitrogens with zero attached hydrogens (tertiary/aromatic N) is 4. The first kappa shape index (κ1) is 23.9. The third-order valence-electron chi connectivity index (χ3n) is 8.51. The Labute approximate surface area is 216 Å². The number of rotatable bonds is 4. The summed E-state index contributed by atoms with van der Waals surface area (Å²) in [6.07, 6.45) is 5.52. The molecular weight excluding hydrogens is 471 g/mol. The van der Waals surface area contributed by atoms with Gasteiger partial charge >= 0.3 is 0 Å². The van der Waals surface area contributed by atoms with E-state index in [1.165, 1.54) is 11.0 Å². The van der Waals surface area contributed by atoms with Crippen molar-refractivity contribution in [1.29, 1.82) is 0 Å². The first-order chi connectivity index (χ1) is 18.0. The Morgan fingerprint density at radius 3 is 2.24 bits per heavy atom. The number of benzene rings is 2. The normalized spacial score (nSPS) is 22.7. The Morgan fingerprint density at radius 2 is 1.49 bits per heavy atom. The molecule has 3 fully saturated rings. The maximum absolute atomic E-state index is 14.2. The number of halogens is 1. The molecule has 8 heteroatoms. The molecule has 0 aromatic heterocycles. The van der Waals surface area contributed by atoms with E-state index in [-0.39, 0.29) is 35.5 Å². The molecular formula is C29H33FN4O3. The van der Waals surface area contributed by atoms with E-state index in [0.29, 0.717) is 49.5 Å². The highest BCUT2D eigenvalue weighted by atomic mass is 19.1. The molecule has 1 aliphatic carbocycles. The van der Waals surface area contributed by atoms with E-state index in [1.807, 2.05) is 28.0 Å². The third kappa shape index (κ3) is 4.26. The highest BCUT2D eigenvalue weighted by Gasteiger charge is 2.43. The van der Waals surface area contributed by atoms with Crippen LogP contribution < -0.4 is 9.80 Å². The first-order valence-electron chi connectivity index (χ1n) is 13.6. The molecule has 0 unspecified atom stereocenters. The summed E-state index contributed by atoms with van der Waals surface area (Å²) in [5.41, 5.74) is 2.36. The fraction of sp³-hybridized carbons (Fsp3) is 0.483. The molecule has 0 radical (unpaired) electrons. The summed E-state index contributed by atoms with van der Waals surface area (Å²) in [6, 6.07) is 12.3. The Morgan fingerprint density at radius 1 is 0.757 bits per heavy atom. The maximum atomic E-state index is 14.2. The fourth-order valence-electron chi connectivity index (χ4n) is 6.57. The number of carbonyl (C=O) groups is 3. The first-order valence-corrected chi connectivity index (χ1v) is 13.6. The van der Waals surface area contributed by atoms with Gasteiger partial charge in [0, 0.05) is 45.3 Å². The van der Waals surface area contributed by atoms with Crippen LogP contribution in [0.25, 0.3) is 0 Å². The van der Waals surface area contributed by atoms with Crippen molar-refractivity contribution in [3.63, 3.8) is 0 Å². The molecule has 0 bridgehead atoms. The minimum atomic E-state index is -0.236. The molecule has 2 saturated heterocycles. The summed E-state index contributed by atoms with van der Waals surface area (Å²) in [5.74, 6) is -0.630. The van der Waals surface area contributed by atoms with Gasteiger partial charge in [0.1, 0.15) is 5.82 Å². The van der Waals surface area contributed by atoms with E-state index >= 15 is 0 Å². The van der Waals surface area contributed by atoms with Crippen LogP contribution in [0, 0.1) is 11.7 Å². The highest BCUT2D eigenvalue weighted by Crippen LogP contribution is 2.37. The Hall–Kier alpha value is -3.42. The van der Waals surface area contributed by atoms with Crippen molar-refractivity contribution in [2.75, 3.05) is 49.1 Å². The van der Waals surface area contributed by atoms with Gasteiger partial charge in [-0.1, -0.05) is 31.0 Å². The van der Waals surface area contributed by atoms with E-state index < -0.39 is 0 Å². The molecule has 2 aromatic rings. The molecule has 7 nitrogen and oxygen atoms in total. The summed E-state index contributed by atoms with van der Waals surface area (Å²) in [5, 5.41) is 0. The minimum Gasteiger partial charge on any atom is -0.370 e. The number of hydrogen-bond acceptors (Lipinski definition) is 5. The number of para-hydroxylation sites is 1. The second kappa shape index (κ2) is 9.80. The van der Waals surface area contributed by atoms with Crippen molar-refractivity contribution in [2.24, 2.45) is 5.92 Å². The monoisotopic (exact) mass is 504 g/mol. The zero-order valence-corrected chi connectivity index (χ0v) is 21.1. The van der Waals surface area contributed by atoms with Gasteiger partial charge in [-0.15, -0.1) is 0 Å². The largest absolute Gasteiger partial charge is 0.370 e. The quantitative estimate of drug-likeness (QED) is 0.591. The number of fused-ring (bicyclic) bond motifs is 1. The average Bonchev–Trinajstić information content (AvgIpc) is 3.55. The van der Waals surface area contributed by atoms with Gasteiger partial charge in [0.2, 0.25) is 5.91 Å². The van der Waals surface area contributed by atoms with Gasteiger partial charge in [-0.3, -0.25) is 19.3 Å². The van der Waals surface area contributed by atoms with E-state index in [9.17, 15) is 18.8 Å². The summed E-state index contributed by atoms with van der Waals surface area (Å²) in [4.78, 5) is 47.6. The fourth-order valence-corrected chi connectivity index (χ4v) is 6.57. The van der Waals surface area contributed by atoms with Crippen LogP contribution >= 0.6 is 0 Å². The molecule has 0 N–H and O–H groups in total. The second-order valence-corrected chi connectivity index (χ2v) is 10.7. The molecule has 3 aliphatic heterocycles. The van der Waals surface area contributed by atoms with Crippen molar-refractivity contribution in [3.05, 3.63) is 59.4 Å². The summed E-state index contributed by atoms with van der Waals surface area (Å²) in [7, 11) is 0. The van der Waals surface area contributed by atoms with Crippen LogP contribution in [-0.2, 0) is 4.79 Å². The smallest absolute Gasteiger partial charge is 0.263 e. The summed E-state index contributed by atoms with van der Waals surface area (Å²) in [6.45, 7) is 3.62. The molecule has 3 amide bonds. The molecule has 194 valence electrons. The lowest BCUT2D eigenvalue weighted by Gasteiger charge is -2.40. The molecule has 0 spiro atoms. The third-order valence-corrected chi connectivity index (χ3v) is 8.51. The van der Waals surface area contributed by atoms with Crippen LogP contribution in [0.1, 0.15) is 59.2 Å². The van der Waals surface area contributed by atoms with Gasteiger partial charge in [0.25, 0.3) is 11.8 Å². The molecule has 6 rings (SSSR count). The van der Waals surface area contributed by atoms with Gasteiger partial charge < -0.3 is 14.7 Å². The van der Waals surface area contributed by atoms with Gasteiger partial charge in [-0.05, 0) is 49.9 Å². The SMILES string of the molecule is O=C([C@@H]1CCCN(c2cccc3c2C(=O)N(C2CCCC2)C3=O)C1)N1CCN(c2ccccc2F)CC1. The minimum absolute atomic E-state index is 0.000963. The van der Waals surface area contributed by atoms with Crippen LogP contribution in [0.15, 0.2) is 42.5 Å². The van der Waals surface area contributed by atoms with Gasteiger partial charge in [0.05, 0.1) is 28.4 Å². The number of hydrogen-bond donors (Lipinski definition) is 0. The Balaban J connectivity index is 1.15. The van der Waals surface area contributed by atoms with Crippen LogP contribution in [0.3, 0.4) is 0 Å². The molecule has 3 heterocycles. The zero-order valence-electron chi connectivity index (χ0n) is 21.1. The lowest BCUT2D eigenvalue weighted by atomic mass is 9.94. The molecule has 1 atom stereocenters. The number of piperazine rings is 1. The zero-order chi connectivity index (χ0) is 25.5. The van der Waals surface area contributed by atoms with E-state index in [1.54, 1.807) is 18.2 Å². The molecule has 4 aliphatic rings. The number of anilines is 2. The van der Waals surface area contributed by atoms with Crippen LogP contribution in [0.5, 0.6) is 0 Å². The highest BCUT2D eigenvalue weighted by molar-refractivity contribution is 6.24. The van der Waals surface area contributed by atoms with E-state index in [0.717, 1.165) is 50.8 Å². The lowest BCUT2D eigenvalue weighted by molar-refractivity contribution is -0.136. The van der Waals surface area contributed by atoms with Gasteiger partial charge in [-0.25, -0.2) is 4.39 Å². The summed E-state index contributed by atoms with van der Waals surface area (Å²) < 4.78 is 14.2. The number of imide groups is 1. The van der Waals surface area contributed by atoms with Crippen LogP contribution in [0.4, 0.5) is 15.8 Å². The van der Waals surface area contributed by atoms with E-state index in [2.05, 4.69) is 4.90 Å². The van der Waals surface area contributed by atoms with Crippen molar-refractivity contribution in [1.82, 2.24) is 9.80 Å². The summed E-state index contributed by atoms with van der Waals surface area (Å²) >= 11 is 0. The van der Waals surface area contributed by atoms with Crippen LogP contribution in [0.2, 0.25) is 0 Å². The average molecular weight is 505 g/mol. The van der Waals surface area contributed by atoms with Crippen LogP contribution in [-0.4, -0.2) is 72.8 Å². The van der Waals surface area contributed by atoms with Gasteiger partial charge in [0.15, 0.2) is 0 Å². The Kier molecular flexibility index (Phi) is 6.34. The molecule has 2 aromatic carbocycles. The number of carbonyl (C=O) groups excluding carboxylic acids is 3. The van der Waals surface area contributed by atoms with Gasteiger partial charge in [-0.2, -0.15) is 0 Å². The number of amides is 3. The standard InChI is InChI=1S/C29H33FN4O3/c30-23-11-3-4-12-24(23)31-15-17-32(18-16-31)27(35)20-7-6-14-33(19-20)25-13-5-10-22-26(25)29(37)34(28(22)36)21-8-1-2-9-21/h3-5,10-13,20-21H,1-2,6-9,14-19H2/t20-/m1/s1. The topological polar surface area (TPSA) is 64.2 Å². The number of piperidine rings is 1. The second-order valence-electron chi connectivity index (χ2n) is 10.7. The molecule has 1 saturated carbocycles. The van der Waals surface area contributed by atoms with Crippen molar-refractivity contribution in [2.45, 2.75) is 44.6 Å². The van der Waals surface area contributed by atoms with E-state index in [4.69, 9.17) is 0 Å². The predicted molar refractivity (Wildman–Crippen MR) is 139 cm³/mol. The van der Waals surface area contributed by atoms with Crippen molar-refractivity contribution in [3.8, 4) is 0 Å². The molecule has 37 heavy (non-hydrogen) atoms. The maximum Gasteiger partial charge on any atom is 0.263 e. The van der Waals surface area contributed by atoms with Crippen molar-refractivity contribution >= 4 is 29.1 Å². The Bertz CT molecular complexity index is 1220.